The van der Waals surface area contributed by atoms with Gasteiger partial charge >= 0.3 is 0 Å². The molecule has 1 amide bonds. The van der Waals surface area contributed by atoms with Crippen LogP contribution in [0.15, 0.2) is 102 Å². The van der Waals surface area contributed by atoms with Crippen LogP contribution in [-0.4, -0.2) is 22.3 Å². The fourth-order valence-electron chi connectivity index (χ4n) is 3.97. The van der Waals surface area contributed by atoms with E-state index in [1.54, 1.807) is 23.2 Å². The smallest absolute Gasteiger partial charge is 0.249 e. The number of carbonyl (C=O) groups excluding carboxylic acids is 2. The Balaban J connectivity index is 1.62. The van der Waals surface area contributed by atoms with Gasteiger partial charge in [0.25, 0.3) is 0 Å². The van der Waals surface area contributed by atoms with E-state index < -0.39 is 5.41 Å². The molecule has 2 heterocycles. The van der Waals surface area contributed by atoms with Crippen LogP contribution in [0.25, 0.3) is 11.8 Å². The van der Waals surface area contributed by atoms with E-state index >= 15 is 0 Å². The van der Waals surface area contributed by atoms with Crippen molar-refractivity contribution in [3.05, 3.63) is 114 Å². The molecule has 0 N–H and O–H groups in total. The van der Waals surface area contributed by atoms with Crippen molar-refractivity contribution >= 4 is 35.2 Å². The number of hydrogen-bond acceptors (Lipinski definition) is 3. The molecule has 3 aromatic carbocycles. The van der Waals surface area contributed by atoms with Crippen molar-refractivity contribution in [1.29, 1.82) is 0 Å². The molecule has 0 aliphatic carbocycles. The first-order valence-electron chi connectivity index (χ1n) is 9.81. The van der Waals surface area contributed by atoms with Gasteiger partial charge in [-0.25, -0.2) is 0 Å². The molecule has 0 spiro atoms. The third-order valence-electron chi connectivity index (χ3n) is 5.53. The van der Waals surface area contributed by atoms with Crippen LogP contribution in [-0.2, 0) is 4.79 Å². The average Bonchev–Trinajstić information content (AvgIpc) is 3.11. The van der Waals surface area contributed by atoms with Crippen LogP contribution in [0.4, 0.5) is 0 Å². The van der Waals surface area contributed by atoms with E-state index in [0.29, 0.717) is 11.3 Å². The maximum absolute atomic E-state index is 13.7. The fourth-order valence-corrected chi connectivity index (χ4v) is 5.05. The normalized spacial score (nSPS) is 19.3. The van der Waals surface area contributed by atoms with Crippen LogP contribution >= 0.6 is 11.8 Å². The predicted octanol–water partition coefficient (Wildman–Crippen LogP) is 5.52. The fraction of sp³-hybridized carbons (Fsp3) is 0.0769. The molecule has 1 unspecified atom stereocenters. The van der Waals surface area contributed by atoms with Gasteiger partial charge in [-0.05, 0) is 29.8 Å². The summed E-state index contributed by atoms with van der Waals surface area (Å²) in [6.07, 6.45) is 5.59. The third-order valence-corrected chi connectivity index (χ3v) is 6.74. The zero-order valence-corrected chi connectivity index (χ0v) is 17.0. The number of thioether (sulfide) groups is 1. The molecular weight excluding hydrogens is 390 g/mol. The lowest BCUT2D eigenvalue weighted by molar-refractivity contribution is -0.129. The van der Waals surface area contributed by atoms with Gasteiger partial charge in [-0.15, -0.1) is 11.8 Å². The number of amides is 1. The number of nitrogens with zero attached hydrogens (tertiary/aromatic N) is 1. The Hall–Kier alpha value is -3.37. The van der Waals surface area contributed by atoms with Crippen molar-refractivity contribution < 1.29 is 9.59 Å². The quantitative estimate of drug-likeness (QED) is 0.317. The van der Waals surface area contributed by atoms with E-state index in [1.807, 2.05) is 84.9 Å². The summed E-state index contributed by atoms with van der Waals surface area (Å²) < 4.78 is 0. The van der Waals surface area contributed by atoms with E-state index in [9.17, 15) is 9.59 Å². The van der Waals surface area contributed by atoms with Gasteiger partial charge in [-0.1, -0.05) is 72.8 Å². The van der Waals surface area contributed by atoms with Crippen molar-refractivity contribution in [2.75, 3.05) is 5.75 Å². The van der Waals surface area contributed by atoms with Crippen molar-refractivity contribution in [3.63, 3.8) is 0 Å². The minimum atomic E-state index is -1.25. The summed E-state index contributed by atoms with van der Waals surface area (Å²) in [5, 5.41) is 0. The number of carbonyl (C=O) groups is 2. The van der Waals surface area contributed by atoms with E-state index in [2.05, 4.69) is 0 Å². The van der Waals surface area contributed by atoms with E-state index in [0.717, 1.165) is 21.7 Å². The zero-order valence-electron chi connectivity index (χ0n) is 16.2. The lowest BCUT2D eigenvalue weighted by atomic mass is 9.82. The monoisotopic (exact) mass is 409 g/mol. The summed E-state index contributed by atoms with van der Waals surface area (Å²) in [5.41, 5.74) is 2.11. The molecule has 0 saturated heterocycles. The Bertz CT molecular complexity index is 1180. The average molecular weight is 410 g/mol. The summed E-state index contributed by atoms with van der Waals surface area (Å²) in [7, 11) is 0. The minimum Gasteiger partial charge on any atom is -0.293 e. The van der Waals surface area contributed by atoms with Gasteiger partial charge in [0.1, 0.15) is 5.41 Å². The van der Waals surface area contributed by atoms with Crippen molar-refractivity contribution in [2.24, 2.45) is 5.41 Å². The second-order valence-electron chi connectivity index (χ2n) is 7.38. The second kappa shape index (κ2) is 7.47. The number of Topliss-reactive ketones (excluding diaryl/α,β-unsaturated/α-hetero) is 1. The molecule has 2 aliphatic heterocycles. The van der Waals surface area contributed by atoms with Crippen LogP contribution in [0.5, 0.6) is 0 Å². The Morgan fingerprint density at radius 1 is 0.867 bits per heavy atom. The minimum absolute atomic E-state index is 0.163. The summed E-state index contributed by atoms with van der Waals surface area (Å²) in [5.74, 6) is -0.00981. The number of fused-ring (bicyclic) bond motifs is 3. The van der Waals surface area contributed by atoms with Gasteiger partial charge in [0.05, 0.1) is 5.70 Å². The number of rotatable bonds is 5. The first-order valence-corrected chi connectivity index (χ1v) is 10.8. The summed E-state index contributed by atoms with van der Waals surface area (Å²) in [6.45, 7) is 0. The predicted molar refractivity (Wildman–Crippen MR) is 121 cm³/mol. The molecule has 5 rings (SSSR count). The van der Waals surface area contributed by atoms with Crippen LogP contribution in [0, 0.1) is 5.41 Å². The highest BCUT2D eigenvalue weighted by atomic mass is 32.2. The maximum atomic E-state index is 13.7. The highest BCUT2D eigenvalue weighted by molar-refractivity contribution is 7.99. The van der Waals surface area contributed by atoms with E-state index in [1.165, 1.54) is 11.8 Å². The largest absolute Gasteiger partial charge is 0.293 e. The Morgan fingerprint density at radius 2 is 1.53 bits per heavy atom. The van der Waals surface area contributed by atoms with Gasteiger partial charge in [0.2, 0.25) is 5.91 Å². The molecule has 0 fully saturated rings. The second-order valence-corrected chi connectivity index (χ2v) is 8.42. The van der Waals surface area contributed by atoms with Gasteiger partial charge in [-0.2, -0.15) is 0 Å². The Morgan fingerprint density at radius 3 is 2.30 bits per heavy atom. The van der Waals surface area contributed by atoms with Crippen molar-refractivity contribution in [1.82, 2.24) is 4.90 Å². The molecule has 4 heteroatoms. The molecule has 0 aromatic heterocycles. The number of ketones is 1. The van der Waals surface area contributed by atoms with E-state index in [-0.39, 0.29) is 11.7 Å². The molecule has 0 bridgehead atoms. The van der Waals surface area contributed by atoms with Gasteiger partial charge in [0.15, 0.2) is 5.78 Å². The molecule has 3 nitrogen and oxygen atoms in total. The van der Waals surface area contributed by atoms with Crippen LogP contribution in [0.1, 0.15) is 21.5 Å². The lowest BCUT2D eigenvalue weighted by Gasteiger charge is -2.27. The summed E-state index contributed by atoms with van der Waals surface area (Å²) in [6, 6.07) is 26.9. The highest BCUT2D eigenvalue weighted by Gasteiger charge is 2.52. The highest BCUT2D eigenvalue weighted by Crippen LogP contribution is 2.46. The van der Waals surface area contributed by atoms with Gasteiger partial charge in [-0.3, -0.25) is 14.5 Å². The molecule has 146 valence electrons. The van der Waals surface area contributed by atoms with Crippen LogP contribution < -0.4 is 0 Å². The molecule has 30 heavy (non-hydrogen) atoms. The molecule has 0 saturated carbocycles. The Labute approximate surface area is 179 Å². The number of hydrogen-bond donors (Lipinski definition) is 0. The summed E-state index contributed by atoms with van der Waals surface area (Å²) >= 11 is 1.53. The molecular formula is C26H19NO2S. The van der Waals surface area contributed by atoms with Crippen LogP contribution in [0.2, 0.25) is 0 Å². The molecule has 0 radical (unpaired) electrons. The third kappa shape index (κ3) is 3.01. The molecule has 3 aromatic rings. The first-order chi connectivity index (χ1) is 14.7. The van der Waals surface area contributed by atoms with Crippen LogP contribution in [0.3, 0.4) is 0 Å². The number of benzene rings is 3. The standard InChI is InChI=1S/C26H19NO2S/c28-24(20-10-3-1-4-11-20)26(18-30-21-12-5-2-6-13-21)17-23-22-14-8-7-9-19(22)15-16-27(23)25(26)29/h1-17H,18H2. The SMILES string of the molecule is O=C(c1ccccc1)C1(CSc2ccccc2)C=C2c3ccccc3C=CN2C1=O. The van der Waals surface area contributed by atoms with Gasteiger partial charge in [0, 0.05) is 28.0 Å². The zero-order chi connectivity index (χ0) is 20.6. The topological polar surface area (TPSA) is 37.4 Å². The maximum Gasteiger partial charge on any atom is 0.249 e. The van der Waals surface area contributed by atoms with Gasteiger partial charge < -0.3 is 0 Å². The van der Waals surface area contributed by atoms with Crippen molar-refractivity contribution in [2.45, 2.75) is 4.90 Å². The summed E-state index contributed by atoms with van der Waals surface area (Å²) in [4.78, 5) is 30.1. The van der Waals surface area contributed by atoms with E-state index in [4.69, 9.17) is 0 Å². The first kappa shape index (κ1) is 18.6. The molecule has 1 atom stereocenters. The Kier molecular flexibility index (Phi) is 4.64. The van der Waals surface area contributed by atoms with Crippen molar-refractivity contribution in [3.8, 4) is 0 Å². The molecule has 2 aliphatic rings. The lowest BCUT2D eigenvalue weighted by Crippen LogP contribution is -2.42.